The van der Waals surface area contributed by atoms with Crippen LogP contribution in [0, 0.1) is 0 Å². The van der Waals surface area contributed by atoms with Crippen molar-refractivity contribution in [2.75, 3.05) is 20.3 Å². The number of ether oxygens (including phenoxy) is 1. The summed E-state index contributed by atoms with van der Waals surface area (Å²) in [6, 6.07) is 8.72. The van der Waals surface area contributed by atoms with Gasteiger partial charge >= 0.3 is 0 Å². The summed E-state index contributed by atoms with van der Waals surface area (Å²) in [5.41, 5.74) is 2.71. The maximum Gasteiger partial charge on any atom is 0.0587 e. The molecule has 1 aromatic rings. The van der Waals surface area contributed by atoms with E-state index in [9.17, 15) is 0 Å². The third-order valence-corrected chi connectivity index (χ3v) is 3.24. The fourth-order valence-corrected chi connectivity index (χ4v) is 2.49. The number of methoxy groups -OCH3 is 1. The second-order valence-corrected chi connectivity index (χ2v) is 4.40. The normalized spacial score (nSPS) is 24.1. The lowest BCUT2D eigenvalue weighted by molar-refractivity contribution is 0.196. The smallest absolute Gasteiger partial charge is 0.0587 e. The van der Waals surface area contributed by atoms with E-state index < -0.39 is 0 Å². The maximum absolute atomic E-state index is 6.32. The van der Waals surface area contributed by atoms with E-state index in [4.69, 9.17) is 16.3 Å². The first-order chi connectivity index (χ1) is 7.33. The van der Waals surface area contributed by atoms with E-state index in [0.717, 1.165) is 19.6 Å². The van der Waals surface area contributed by atoms with Gasteiger partial charge in [0.05, 0.1) is 12.0 Å². The van der Waals surface area contributed by atoms with Crippen molar-refractivity contribution in [2.45, 2.75) is 17.8 Å². The SMILES string of the molecule is COCCNC1c2ccccc2CC1Cl. The molecular formula is C12H16ClNO. The number of hydrogen-bond donors (Lipinski definition) is 1. The highest BCUT2D eigenvalue weighted by atomic mass is 35.5. The van der Waals surface area contributed by atoms with Gasteiger partial charge in [0.2, 0.25) is 0 Å². The number of fused-ring (bicyclic) bond motifs is 1. The van der Waals surface area contributed by atoms with Gasteiger partial charge in [0, 0.05) is 19.7 Å². The fraction of sp³-hybridized carbons (Fsp3) is 0.500. The molecule has 0 fully saturated rings. The van der Waals surface area contributed by atoms with Crippen molar-refractivity contribution in [1.82, 2.24) is 5.32 Å². The van der Waals surface area contributed by atoms with Crippen molar-refractivity contribution in [2.24, 2.45) is 0 Å². The molecule has 0 heterocycles. The molecule has 0 radical (unpaired) electrons. The molecule has 2 nitrogen and oxygen atoms in total. The molecule has 2 unspecified atom stereocenters. The Bertz CT molecular complexity index is 329. The first-order valence-electron chi connectivity index (χ1n) is 5.27. The highest BCUT2D eigenvalue weighted by molar-refractivity contribution is 6.21. The molecule has 0 spiro atoms. The molecule has 0 aromatic heterocycles. The summed E-state index contributed by atoms with van der Waals surface area (Å²) < 4.78 is 5.02. The van der Waals surface area contributed by atoms with Crippen molar-refractivity contribution < 1.29 is 4.74 Å². The predicted octanol–water partition coefficient (Wildman–Crippen LogP) is 2.13. The van der Waals surface area contributed by atoms with Gasteiger partial charge in [-0.1, -0.05) is 24.3 Å². The summed E-state index contributed by atoms with van der Waals surface area (Å²) in [4.78, 5) is 0. The van der Waals surface area contributed by atoms with Crippen LogP contribution >= 0.6 is 11.6 Å². The van der Waals surface area contributed by atoms with Gasteiger partial charge in [-0.2, -0.15) is 0 Å². The van der Waals surface area contributed by atoms with Gasteiger partial charge in [0.1, 0.15) is 0 Å². The van der Waals surface area contributed by atoms with Gasteiger partial charge in [0.15, 0.2) is 0 Å². The second-order valence-electron chi connectivity index (χ2n) is 3.84. The second kappa shape index (κ2) is 4.97. The topological polar surface area (TPSA) is 21.3 Å². The average molecular weight is 226 g/mol. The molecular weight excluding hydrogens is 210 g/mol. The minimum atomic E-state index is 0.166. The number of nitrogens with one attached hydrogen (secondary N) is 1. The van der Waals surface area contributed by atoms with E-state index >= 15 is 0 Å². The number of alkyl halides is 1. The Morgan fingerprint density at radius 1 is 1.47 bits per heavy atom. The summed E-state index contributed by atoms with van der Waals surface area (Å²) in [5, 5.41) is 3.60. The standard InChI is InChI=1S/C12H16ClNO/c1-15-7-6-14-12-10-5-3-2-4-9(10)8-11(12)13/h2-5,11-12,14H,6-8H2,1H3. The Morgan fingerprint density at radius 2 is 2.27 bits per heavy atom. The number of benzene rings is 1. The minimum absolute atomic E-state index is 0.166. The zero-order valence-electron chi connectivity index (χ0n) is 8.87. The maximum atomic E-state index is 6.32. The third kappa shape index (κ3) is 2.33. The van der Waals surface area contributed by atoms with Gasteiger partial charge < -0.3 is 10.1 Å². The van der Waals surface area contributed by atoms with Crippen molar-refractivity contribution in [3.05, 3.63) is 35.4 Å². The molecule has 3 heteroatoms. The van der Waals surface area contributed by atoms with E-state index in [1.807, 2.05) is 0 Å². The molecule has 2 rings (SSSR count). The van der Waals surface area contributed by atoms with Crippen LogP contribution in [0.5, 0.6) is 0 Å². The first-order valence-corrected chi connectivity index (χ1v) is 5.70. The van der Waals surface area contributed by atoms with Gasteiger partial charge in [-0.05, 0) is 17.5 Å². The molecule has 1 aliphatic carbocycles. The summed E-state index contributed by atoms with van der Waals surface area (Å²) in [5.74, 6) is 0. The first kappa shape index (κ1) is 10.9. The molecule has 2 atom stereocenters. The number of halogens is 1. The molecule has 82 valence electrons. The predicted molar refractivity (Wildman–Crippen MR) is 62.4 cm³/mol. The molecule has 0 aliphatic heterocycles. The zero-order valence-corrected chi connectivity index (χ0v) is 9.63. The quantitative estimate of drug-likeness (QED) is 0.626. The monoisotopic (exact) mass is 225 g/mol. The van der Waals surface area contributed by atoms with Gasteiger partial charge in [-0.3, -0.25) is 0 Å². The summed E-state index contributed by atoms with van der Waals surface area (Å²) >= 11 is 6.32. The van der Waals surface area contributed by atoms with Crippen molar-refractivity contribution in [3.63, 3.8) is 0 Å². The van der Waals surface area contributed by atoms with Crippen LogP contribution in [0.4, 0.5) is 0 Å². The van der Waals surface area contributed by atoms with E-state index in [0.29, 0.717) is 0 Å². The number of hydrogen-bond acceptors (Lipinski definition) is 2. The Hall–Kier alpha value is -0.570. The Morgan fingerprint density at radius 3 is 3.07 bits per heavy atom. The lowest BCUT2D eigenvalue weighted by atomic mass is 10.1. The molecule has 0 bridgehead atoms. The highest BCUT2D eigenvalue weighted by Crippen LogP contribution is 2.34. The molecule has 1 aliphatic rings. The van der Waals surface area contributed by atoms with Crippen LogP contribution < -0.4 is 5.32 Å². The molecule has 1 N–H and O–H groups in total. The highest BCUT2D eigenvalue weighted by Gasteiger charge is 2.29. The van der Waals surface area contributed by atoms with Crippen molar-refractivity contribution in [3.8, 4) is 0 Å². The van der Waals surface area contributed by atoms with Crippen LogP contribution in [0.3, 0.4) is 0 Å². The van der Waals surface area contributed by atoms with Crippen LogP contribution in [0.2, 0.25) is 0 Å². The van der Waals surface area contributed by atoms with E-state index in [2.05, 4.69) is 29.6 Å². The Balaban J connectivity index is 2.05. The fourth-order valence-electron chi connectivity index (χ4n) is 2.10. The molecule has 15 heavy (non-hydrogen) atoms. The third-order valence-electron chi connectivity index (χ3n) is 2.84. The largest absolute Gasteiger partial charge is 0.383 e. The molecule has 0 saturated carbocycles. The van der Waals surface area contributed by atoms with Crippen LogP contribution in [-0.2, 0) is 11.2 Å². The van der Waals surface area contributed by atoms with Gasteiger partial charge in [-0.25, -0.2) is 0 Å². The van der Waals surface area contributed by atoms with Crippen molar-refractivity contribution in [1.29, 1.82) is 0 Å². The van der Waals surface area contributed by atoms with Crippen LogP contribution in [-0.4, -0.2) is 25.6 Å². The van der Waals surface area contributed by atoms with Gasteiger partial charge in [-0.15, -0.1) is 11.6 Å². The zero-order chi connectivity index (χ0) is 10.7. The summed E-state index contributed by atoms with van der Waals surface area (Å²) in [6.07, 6.45) is 0.961. The van der Waals surface area contributed by atoms with Gasteiger partial charge in [0.25, 0.3) is 0 Å². The molecule has 0 amide bonds. The molecule has 1 aromatic carbocycles. The summed E-state index contributed by atoms with van der Waals surface area (Å²) in [7, 11) is 1.71. The summed E-state index contributed by atoms with van der Waals surface area (Å²) in [6.45, 7) is 1.57. The van der Waals surface area contributed by atoms with E-state index in [-0.39, 0.29) is 11.4 Å². The average Bonchev–Trinajstić information content (AvgIpc) is 2.56. The van der Waals surface area contributed by atoms with Crippen molar-refractivity contribution >= 4 is 11.6 Å². The molecule has 0 saturated heterocycles. The van der Waals surface area contributed by atoms with E-state index in [1.54, 1.807) is 7.11 Å². The Labute approximate surface area is 95.6 Å². The van der Waals surface area contributed by atoms with Crippen LogP contribution in [0.1, 0.15) is 17.2 Å². The van der Waals surface area contributed by atoms with E-state index in [1.165, 1.54) is 11.1 Å². The lowest BCUT2D eigenvalue weighted by Crippen LogP contribution is -2.28. The minimum Gasteiger partial charge on any atom is -0.383 e. The number of rotatable bonds is 4. The van der Waals surface area contributed by atoms with Crippen LogP contribution in [0.25, 0.3) is 0 Å². The van der Waals surface area contributed by atoms with Crippen LogP contribution in [0.15, 0.2) is 24.3 Å². The Kier molecular flexibility index (Phi) is 3.62. The lowest BCUT2D eigenvalue weighted by Gasteiger charge is -2.16.